The molecule has 3 heteroatoms. The molecule has 3 aromatic rings. The Hall–Kier alpha value is -2.42. The number of aryl methyl sites for hydroxylation is 1. The van der Waals surface area contributed by atoms with E-state index in [0.717, 1.165) is 17.5 Å². The van der Waals surface area contributed by atoms with E-state index in [4.69, 9.17) is 4.42 Å². The highest BCUT2D eigenvalue weighted by atomic mass is 16.4. The highest BCUT2D eigenvalue weighted by Gasteiger charge is 2.16. The summed E-state index contributed by atoms with van der Waals surface area (Å²) in [4.78, 5) is 16.9. The Balaban J connectivity index is 2.01. The fourth-order valence-corrected chi connectivity index (χ4v) is 2.99. The standard InChI is InChI=1S/C21H23NO2/c1-13(2)10-16-6-5-7-17(12-16)15(4)20-22-19-9-8-14(3)11-18(19)21(23)24-20/h5-9,11-13,15H,10H2,1-4H3. The van der Waals surface area contributed by atoms with Crippen molar-refractivity contribution in [3.05, 3.63) is 75.5 Å². The van der Waals surface area contributed by atoms with Crippen LogP contribution in [0.2, 0.25) is 0 Å². The molecular weight excluding hydrogens is 298 g/mol. The van der Waals surface area contributed by atoms with E-state index in [9.17, 15) is 4.79 Å². The molecule has 3 nitrogen and oxygen atoms in total. The van der Waals surface area contributed by atoms with Crippen molar-refractivity contribution >= 4 is 10.9 Å². The summed E-state index contributed by atoms with van der Waals surface area (Å²) in [6.45, 7) is 8.40. The van der Waals surface area contributed by atoms with Crippen LogP contribution >= 0.6 is 0 Å². The minimum absolute atomic E-state index is 0.0597. The van der Waals surface area contributed by atoms with Crippen LogP contribution in [0.25, 0.3) is 10.9 Å². The van der Waals surface area contributed by atoms with Gasteiger partial charge in [0.25, 0.3) is 0 Å². The summed E-state index contributed by atoms with van der Waals surface area (Å²) >= 11 is 0. The Labute approximate surface area is 142 Å². The van der Waals surface area contributed by atoms with E-state index in [2.05, 4.69) is 43.1 Å². The summed E-state index contributed by atoms with van der Waals surface area (Å²) in [7, 11) is 0. The third-order valence-electron chi connectivity index (χ3n) is 4.27. The topological polar surface area (TPSA) is 43.1 Å². The Morgan fingerprint density at radius 1 is 1.08 bits per heavy atom. The second-order valence-electron chi connectivity index (χ2n) is 6.92. The van der Waals surface area contributed by atoms with Crippen LogP contribution in [-0.4, -0.2) is 4.98 Å². The number of fused-ring (bicyclic) bond motifs is 1. The molecule has 124 valence electrons. The normalized spacial score (nSPS) is 12.7. The van der Waals surface area contributed by atoms with Crippen molar-refractivity contribution in [2.45, 2.75) is 40.0 Å². The van der Waals surface area contributed by atoms with Gasteiger partial charge in [-0.3, -0.25) is 0 Å². The number of hydrogen-bond acceptors (Lipinski definition) is 3. The first-order valence-electron chi connectivity index (χ1n) is 8.44. The average Bonchev–Trinajstić information content (AvgIpc) is 2.54. The molecule has 0 bridgehead atoms. The average molecular weight is 321 g/mol. The van der Waals surface area contributed by atoms with Crippen molar-refractivity contribution in [1.82, 2.24) is 4.98 Å². The zero-order valence-electron chi connectivity index (χ0n) is 14.7. The number of hydrogen-bond donors (Lipinski definition) is 0. The molecule has 0 saturated carbocycles. The summed E-state index contributed by atoms with van der Waals surface area (Å²) in [5.41, 5.74) is 3.82. The maximum atomic E-state index is 12.3. The smallest absolute Gasteiger partial charge is 0.346 e. The molecule has 0 aliphatic carbocycles. The number of benzene rings is 2. The SMILES string of the molecule is Cc1ccc2nc(C(C)c3cccc(CC(C)C)c3)oc(=O)c2c1. The van der Waals surface area contributed by atoms with Gasteiger partial charge in [0.15, 0.2) is 0 Å². The van der Waals surface area contributed by atoms with Gasteiger partial charge in [-0.05, 0) is 49.4 Å². The molecule has 0 aliphatic rings. The van der Waals surface area contributed by atoms with Crippen LogP contribution in [-0.2, 0) is 6.42 Å². The van der Waals surface area contributed by atoms with Crippen LogP contribution in [0, 0.1) is 12.8 Å². The molecule has 2 aromatic carbocycles. The maximum Gasteiger partial charge on any atom is 0.346 e. The zero-order valence-corrected chi connectivity index (χ0v) is 14.7. The Morgan fingerprint density at radius 3 is 2.62 bits per heavy atom. The zero-order chi connectivity index (χ0) is 17.3. The third-order valence-corrected chi connectivity index (χ3v) is 4.27. The first-order valence-corrected chi connectivity index (χ1v) is 8.44. The van der Waals surface area contributed by atoms with E-state index in [-0.39, 0.29) is 11.5 Å². The highest BCUT2D eigenvalue weighted by Crippen LogP contribution is 2.25. The first-order chi connectivity index (χ1) is 11.4. The van der Waals surface area contributed by atoms with Gasteiger partial charge in [-0.15, -0.1) is 0 Å². The summed E-state index contributed by atoms with van der Waals surface area (Å²) in [6, 6.07) is 14.1. The molecular formula is C21H23NO2. The predicted octanol–water partition coefficient (Wildman–Crippen LogP) is 4.85. The van der Waals surface area contributed by atoms with Gasteiger partial charge in [0.05, 0.1) is 16.8 Å². The van der Waals surface area contributed by atoms with Gasteiger partial charge in [0.2, 0.25) is 5.89 Å². The van der Waals surface area contributed by atoms with E-state index in [0.29, 0.717) is 22.7 Å². The van der Waals surface area contributed by atoms with Crippen LogP contribution in [0.15, 0.2) is 51.7 Å². The lowest BCUT2D eigenvalue weighted by atomic mass is 9.95. The van der Waals surface area contributed by atoms with Crippen LogP contribution in [0.4, 0.5) is 0 Å². The third kappa shape index (κ3) is 3.40. The van der Waals surface area contributed by atoms with Gasteiger partial charge in [-0.1, -0.05) is 49.7 Å². The molecule has 0 saturated heterocycles. The van der Waals surface area contributed by atoms with E-state index in [1.54, 1.807) is 0 Å². The van der Waals surface area contributed by atoms with E-state index >= 15 is 0 Å². The van der Waals surface area contributed by atoms with Crippen molar-refractivity contribution in [2.75, 3.05) is 0 Å². The lowest BCUT2D eigenvalue weighted by Crippen LogP contribution is -2.09. The molecule has 0 fully saturated rings. The molecule has 1 atom stereocenters. The first kappa shape index (κ1) is 16.4. The summed E-state index contributed by atoms with van der Waals surface area (Å²) in [6.07, 6.45) is 1.04. The van der Waals surface area contributed by atoms with Crippen molar-refractivity contribution in [3.63, 3.8) is 0 Å². The molecule has 0 N–H and O–H groups in total. The van der Waals surface area contributed by atoms with Gasteiger partial charge in [-0.2, -0.15) is 0 Å². The highest BCUT2D eigenvalue weighted by molar-refractivity contribution is 5.77. The molecule has 0 radical (unpaired) electrons. The summed E-state index contributed by atoms with van der Waals surface area (Å²) in [5.74, 6) is 1.02. The summed E-state index contributed by atoms with van der Waals surface area (Å²) in [5, 5.41) is 0.541. The van der Waals surface area contributed by atoms with Crippen LogP contribution < -0.4 is 5.63 Å². The number of aromatic nitrogens is 1. The van der Waals surface area contributed by atoms with Crippen molar-refractivity contribution < 1.29 is 4.42 Å². The van der Waals surface area contributed by atoms with Gasteiger partial charge in [0.1, 0.15) is 0 Å². The molecule has 0 amide bonds. The van der Waals surface area contributed by atoms with E-state index in [1.165, 1.54) is 5.56 Å². The fourth-order valence-electron chi connectivity index (χ4n) is 2.99. The Kier molecular flexibility index (Phi) is 4.52. The molecule has 0 aliphatic heterocycles. The van der Waals surface area contributed by atoms with Gasteiger partial charge < -0.3 is 4.42 Å². The minimum Gasteiger partial charge on any atom is -0.407 e. The largest absolute Gasteiger partial charge is 0.407 e. The molecule has 1 heterocycles. The van der Waals surface area contributed by atoms with Crippen molar-refractivity contribution in [1.29, 1.82) is 0 Å². The molecule has 1 aromatic heterocycles. The maximum absolute atomic E-state index is 12.3. The van der Waals surface area contributed by atoms with Gasteiger partial charge >= 0.3 is 5.63 Å². The predicted molar refractivity (Wildman–Crippen MR) is 97.5 cm³/mol. The minimum atomic E-state index is -0.316. The van der Waals surface area contributed by atoms with Gasteiger partial charge in [0, 0.05) is 0 Å². The van der Waals surface area contributed by atoms with Crippen molar-refractivity contribution in [3.8, 4) is 0 Å². The Morgan fingerprint density at radius 2 is 1.88 bits per heavy atom. The van der Waals surface area contributed by atoms with Crippen molar-refractivity contribution in [2.24, 2.45) is 5.92 Å². The lowest BCUT2D eigenvalue weighted by Gasteiger charge is -2.13. The van der Waals surface area contributed by atoms with Crippen LogP contribution in [0.1, 0.15) is 49.3 Å². The lowest BCUT2D eigenvalue weighted by molar-refractivity contribution is 0.432. The Bertz CT molecular complexity index is 925. The van der Waals surface area contributed by atoms with Crippen LogP contribution in [0.5, 0.6) is 0 Å². The monoisotopic (exact) mass is 321 g/mol. The quantitative estimate of drug-likeness (QED) is 0.690. The van der Waals surface area contributed by atoms with E-state index < -0.39 is 0 Å². The fraction of sp³-hybridized carbons (Fsp3) is 0.333. The molecule has 1 unspecified atom stereocenters. The molecule has 24 heavy (non-hydrogen) atoms. The second kappa shape index (κ2) is 6.60. The molecule has 0 spiro atoms. The second-order valence-corrected chi connectivity index (χ2v) is 6.92. The molecule has 3 rings (SSSR count). The van der Waals surface area contributed by atoms with Crippen LogP contribution in [0.3, 0.4) is 0 Å². The number of nitrogens with zero attached hydrogens (tertiary/aromatic N) is 1. The summed E-state index contributed by atoms with van der Waals surface area (Å²) < 4.78 is 5.52. The van der Waals surface area contributed by atoms with Gasteiger partial charge in [-0.25, -0.2) is 9.78 Å². The van der Waals surface area contributed by atoms with E-state index in [1.807, 2.05) is 32.0 Å². The number of rotatable bonds is 4.